The number of halogens is 4. The number of hydrogen-bond donors (Lipinski definition) is 0. The van der Waals surface area contributed by atoms with Crippen molar-refractivity contribution in [3.8, 4) is 0 Å². The molecule has 0 bridgehead atoms. The Balaban J connectivity index is 2.46. The van der Waals surface area contributed by atoms with Crippen LogP contribution in [-0.2, 0) is 0 Å². The fourth-order valence-electron chi connectivity index (χ4n) is 1.93. The molecule has 0 saturated heterocycles. The smallest absolute Gasteiger partial charge is 0.137 e. The number of benzene rings is 2. The maximum absolute atomic E-state index is 13.6. The predicted octanol–water partition coefficient (Wildman–Crippen LogP) is 6.30. The van der Waals surface area contributed by atoms with Crippen LogP contribution >= 0.6 is 43.5 Å². The second-order valence-electron chi connectivity index (χ2n) is 4.49. The molecule has 100 valence electrons. The molecule has 0 amide bonds. The van der Waals surface area contributed by atoms with Gasteiger partial charge in [-0.25, -0.2) is 4.39 Å². The van der Waals surface area contributed by atoms with Gasteiger partial charge in [0.1, 0.15) is 5.82 Å². The second-order valence-corrected chi connectivity index (χ2v) is 6.64. The lowest BCUT2D eigenvalue weighted by Gasteiger charge is -2.15. The van der Waals surface area contributed by atoms with Crippen molar-refractivity contribution >= 4 is 43.5 Å². The number of alkyl halides is 1. The lowest BCUT2D eigenvalue weighted by atomic mass is 9.98. The van der Waals surface area contributed by atoms with Gasteiger partial charge in [-0.1, -0.05) is 28.1 Å². The standard InChI is InChI=1S/C15H12Br2ClF/c1-8-6-13(17)9(2)5-11(8)15(18)10-3-4-12(16)14(19)7-10/h3-7,15H,1-2H3. The molecule has 0 radical (unpaired) electrons. The zero-order valence-corrected chi connectivity index (χ0v) is 14.4. The van der Waals surface area contributed by atoms with Crippen molar-refractivity contribution in [3.63, 3.8) is 0 Å². The Kier molecular flexibility index (Phi) is 4.70. The molecule has 0 fully saturated rings. The summed E-state index contributed by atoms with van der Waals surface area (Å²) in [7, 11) is 0. The lowest BCUT2D eigenvalue weighted by molar-refractivity contribution is 0.619. The first-order valence-electron chi connectivity index (χ1n) is 5.76. The van der Waals surface area contributed by atoms with E-state index >= 15 is 0 Å². The Hall–Kier alpha value is -0.380. The molecular weight excluding hydrogens is 394 g/mol. The molecule has 0 aliphatic rings. The van der Waals surface area contributed by atoms with Gasteiger partial charge < -0.3 is 0 Å². The van der Waals surface area contributed by atoms with Crippen LogP contribution in [0.5, 0.6) is 0 Å². The summed E-state index contributed by atoms with van der Waals surface area (Å²) in [6, 6.07) is 9.06. The monoisotopic (exact) mass is 404 g/mol. The van der Waals surface area contributed by atoms with E-state index in [9.17, 15) is 4.39 Å². The van der Waals surface area contributed by atoms with Crippen molar-refractivity contribution in [1.29, 1.82) is 0 Å². The van der Waals surface area contributed by atoms with Crippen LogP contribution in [0.25, 0.3) is 0 Å². The summed E-state index contributed by atoms with van der Waals surface area (Å²) in [4.78, 5) is 0. The first-order chi connectivity index (χ1) is 8.90. The normalized spacial score (nSPS) is 12.5. The zero-order chi connectivity index (χ0) is 14.2. The molecule has 4 heteroatoms. The van der Waals surface area contributed by atoms with Crippen LogP contribution in [0.1, 0.15) is 27.6 Å². The number of aryl methyl sites for hydroxylation is 2. The third-order valence-corrected chi connectivity index (χ3v) is 5.04. The fraction of sp³-hybridized carbons (Fsp3) is 0.200. The molecule has 0 aliphatic heterocycles. The Labute approximate surface area is 134 Å². The summed E-state index contributed by atoms with van der Waals surface area (Å²) in [6.45, 7) is 4.02. The van der Waals surface area contributed by atoms with Gasteiger partial charge in [-0.2, -0.15) is 0 Å². The van der Waals surface area contributed by atoms with Gasteiger partial charge in [-0.3, -0.25) is 0 Å². The van der Waals surface area contributed by atoms with E-state index in [2.05, 4.69) is 31.9 Å². The third kappa shape index (κ3) is 3.21. The average molecular weight is 407 g/mol. The van der Waals surface area contributed by atoms with E-state index in [0.29, 0.717) is 4.47 Å². The van der Waals surface area contributed by atoms with E-state index in [1.165, 1.54) is 6.07 Å². The first-order valence-corrected chi connectivity index (χ1v) is 7.78. The minimum Gasteiger partial charge on any atom is -0.206 e. The Bertz CT molecular complexity index is 626. The Morgan fingerprint density at radius 2 is 1.68 bits per heavy atom. The second kappa shape index (κ2) is 5.94. The maximum Gasteiger partial charge on any atom is 0.137 e. The fourth-order valence-corrected chi connectivity index (χ4v) is 3.00. The summed E-state index contributed by atoms with van der Waals surface area (Å²) in [5, 5.41) is -0.352. The zero-order valence-electron chi connectivity index (χ0n) is 10.5. The Morgan fingerprint density at radius 3 is 2.32 bits per heavy atom. The van der Waals surface area contributed by atoms with Gasteiger partial charge in [0.2, 0.25) is 0 Å². The minimum atomic E-state index is -0.352. The molecule has 2 aromatic carbocycles. The molecular formula is C15H12Br2ClF. The summed E-state index contributed by atoms with van der Waals surface area (Å²) in [6.07, 6.45) is 0. The van der Waals surface area contributed by atoms with E-state index < -0.39 is 0 Å². The number of hydrogen-bond acceptors (Lipinski definition) is 0. The minimum absolute atomic E-state index is 0.297. The van der Waals surface area contributed by atoms with Crippen molar-refractivity contribution in [1.82, 2.24) is 0 Å². The highest BCUT2D eigenvalue weighted by atomic mass is 79.9. The highest BCUT2D eigenvalue weighted by molar-refractivity contribution is 9.10. The van der Waals surface area contributed by atoms with Crippen molar-refractivity contribution < 1.29 is 4.39 Å². The summed E-state index contributed by atoms with van der Waals surface area (Å²) in [5.41, 5.74) is 3.96. The highest BCUT2D eigenvalue weighted by Crippen LogP contribution is 2.34. The van der Waals surface area contributed by atoms with Gasteiger partial charge in [-0.15, -0.1) is 11.6 Å². The quantitative estimate of drug-likeness (QED) is 0.514. The summed E-state index contributed by atoms with van der Waals surface area (Å²) < 4.78 is 15.1. The molecule has 0 nitrogen and oxygen atoms in total. The van der Waals surface area contributed by atoms with E-state index in [1.807, 2.05) is 32.0 Å². The SMILES string of the molecule is Cc1cc(C(Cl)c2ccc(Br)c(F)c2)c(C)cc1Br. The van der Waals surface area contributed by atoms with E-state index in [-0.39, 0.29) is 11.2 Å². The van der Waals surface area contributed by atoms with Crippen molar-refractivity contribution in [2.24, 2.45) is 0 Å². The molecule has 0 spiro atoms. The van der Waals surface area contributed by atoms with Gasteiger partial charge in [0.05, 0.1) is 9.85 Å². The van der Waals surface area contributed by atoms with Gasteiger partial charge in [-0.05, 0) is 70.2 Å². The molecule has 0 aliphatic carbocycles. The predicted molar refractivity (Wildman–Crippen MR) is 85.4 cm³/mol. The summed E-state index contributed by atoms with van der Waals surface area (Å²) >= 11 is 13.1. The molecule has 0 aromatic heterocycles. The van der Waals surface area contributed by atoms with Crippen molar-refractivity contribution in [2.45, 2.75) is 19.2 Å². The van der Waals surface area contributed by atoms with Gasteiger partial charge >= 0.3 is 0 Å². The lowest BCUT2D eigenvalue weighted by Crippen LogP contribution is -1.98. The van der Waals surface area contributed by atoms with Gasteiger partial charge in [0.25, 0.3) is 0 Å². The van der Waals surface area contributed by atoms with Gasteiger partial charge in [0.15, 0.2) is 0 Å². The molecule has 1 atom stereocenters. The molecule has 0 N–H and O–H groups in total. The van der Waals surface area contributed by atoms with Crippen LogP contribution in [0, 0.1) is 19.7 Å². The topological polar surface area (TPSA) is 0 Å². The largest absolute Gasteiger partial charge is 0.206 e. The first kappa shape index (κ1) is 15.0. The molecule has 0 heterocycles. The molecule has 1 unspecified atom stereocenters. The van der Waals surface area contributed by atoms with Crippen LogP contribution in [0.4, 0.5) is 4.39 Å². The number of rotatable bonds is 2. The average Bonchev–Trinajstić information content (AvgIpc) is 2.36. The van der Waals surface area contributed by atoms with Crippen LogP contribution in [0.3, 0.4) is 0 Å². The third-order valence-electron chi connectivity index (χ3n) is 3.06. The molecule has 2 rings (SSSR count). The van der Waals surface area contributed by atoms with Crippen LogP contribution in [-0.4, -0.2) is 0 Å². The maximum atomic E-state index is 13.6. The van der Waals surface area contributed by atoms with Gasteiger partial charge in [0, 0.05) is 4.47 Å². The highest BCUT2D eigenvalue weighted by Gasteiger charge is 2.16. The van der Waals surface area contributed by atoms with Crippen LogP contribution < -0.4 is 0 Å². The molecule has 19 heavy (non-hydrogen) atoms. The van der Waals surface area contributed by atoms with Crippen LogP contribution in [0.15, 0.2) is 39.3 Å². The van der Waals surface area contributed by atoms with E-state index in [1.54, 1.807) is 6.07 Å². The van der Waals surface area contributed by atoms with Crippen LogP contribution in [0.2, 0.25) is 0 Å². The van der Waals surface area contributed by atoms with Crippen molar-refractivity contribution in [2.75, 3.05) is 0 Å². The molecule has 2 aromatic rings. The van der Waals surface area contributed by atoms with Crippen molar-refractivity contribution in [3.05, 3.63) is 67.3 Å². The van der Waals surface area contributed by atoms with E-state index in [0.717, 1.165) is 26.7 Å². The summed E-state index contributed by atoms with van der Waals surface area (Å²) in [5.74, 6) is -0.297. The Morgan fingerprint density at radius 1 is 1.00 bits per heavy atom. The van der Waals surface area contributed by atoms with E-state index in [4.69, 9.17) is 11.6 Å². The molecule has 0 saturated carbocycles.